The van der Waals surface area contributed by atoms with Crippen molar-refractivity contribution in [2.75, 3.05) is 39.6 Å². The van der Waals surface area contributed by atoms with Crippen molar-refractivity contribution in [1.82, 2.24) is 0 Å². The van der Waals surface area contributed by atoms with Gasteiger partial charge in [-0.2, -0.15) is 0 Å². The molecule has 0 spiro atoms. The van der Waals surface area contributed by atoms with Crippen LogP contribution in [-0.4, -0.2) is 69.8 Å². The fourth-order valence-corrected chi connectivity index (χ4v) is 6.94. The summed E-state index contributed by atoms with van der Waals surface area (Å²) in [6.45, 7) is 6.96. The predicted octanol–water partition coefficient (Wildman–Crippen LogP) is 7.91. The van der Waals surface area contributed by atoms with E-state index in [1.165, 1.54) is 6.92 Å². The van der Waals surface area contributed by atoms with Crippen LogP contribution >= 0.6 is 0 Å². The first kappa shape index (κ1) is 44.3. The van der Waals surface area contributed by atoms with Gasteiger partial charge in [-0.1, -0.05) is 6.58 Å². The number of carbonyl (C=O) groups excluding carboxylic acids is 5. The minimum absolute atomic E-state index is 0.184. The van der Waals surface area contributed by atoms with E-state index in [0.29, 0.717) is 112 Å². The number of ether oxygens (including phenoxy) is 8. The third-order valence-corrected chi connectivity index (χ3v) is 10.3. The van der Waals surface area contributed by atoms with Crippen molar-refractivity contribution in [1.29, 1.82) is 0 Å². The molecular weight excluding hydrogens is 760 g/mol. The Hall–Kier alpha value is -5.85. The van der Waals surface area contributed by atoms with Crippen LogP contribution in [0.15, 0.2) is 79.4 Å². The molecule has 316 valence electrons. The first-order valence-electron chi connectivity index (χ1n) is 20.4. The molecule has 3 aromatic carbocycles. The van der Waals surface area contributed by atoms with Gasteiger partial charge in [0.15, 0.2) is 6.29 Å². The van der Waals surface area contributed by atoms with Crippen molar-refractivity contribution in [2.24, 2.45) is 23.7 Å². The Balaban J connectivity index is 0.948. The van der Waals surface area contributed by atoms with E-state index in [-0.39, 0.29) is 48.2 Å². The van der Waals surface area contributed by atoms with Crippen LogP contribution in [-0.2, 0) is 28.7 Å². The SMILES string of the molecule is C=CC(=O)OCCCOc1ccc(OC(=O)C2CCC(COc3ccc(OCC4CCC(C(=O)Oc5ccc(OCCCOC(C)=O)cc5)CC4)cc3C=O)CC2)cc1. The summed E-state index contributed by atoms with van der Waals surface area (Å²) in [5.74, 6) is 2.11. The molecule has 0 unspecified atom stereocenters. The molecule has 0 amide bonds. The highest BCUT2D eigenvalue weighted by Crippen LogP contribution is 2.34. The van der Waals surface area contributed by atoms with Gasteiger partial charge in [0.25, 0.3) is 0 Å². The minimum Gasteiger partial charge on any atom is -0.493 e. The number of hydrogen-bond donors (Lipinski definition) is 0. The molecule has 13 heteroatoms. The van der Waals surface area contributed by atoms with Gasteiger partial charge in [-0.15, -0.1) is 0 Å². The third kappa shape index (κ3) is 15.1. The highest BCUT2D eigenvalue weighted by Gasteiger charge is 2.30. The highest BCUT2D eigenvalue weighted by molar-refractivity contribution is 5.81. The molecule has 0 bridgehead atoms. The lowest BCUT2D eigenvalue weighted by Gasteiger charge is -2.27. The second-order valence-corrected chi connectivity index (χ2v) is 14.8. The Morgan fingerprint density at radius 3 is 1.51 bits per heavy atom. The summed E-state index contributed by atoms with van der Waals surface area (Å²) in [6, 6.07) is 19.0. The fraction of sp³-hybridized carbons (Fsp3) is 0.457. The molecule has 3 aromatic rings. The van der Waals surface area contributed by atoms with Gasteiger partial charge < -0.3 is 37.9 Å². The molecule has 13 nitrogen and oxygen atoms in total. The lowest BCUT2D eigenvalue weighted by Crippen LogP contribution is -2.28. The smallest absolute Gasteiger partial charge is 0.330 e. The Morgan fingerprint density at radius 2 is 1.03 bits per heavy atom. The number of esters is 4. The fourth-order valence-electron chi connectivity index (χ4n) is 6.94. The van der Waals surface area contributed by atoms with Crippen LogP contribution in [0.4, 0.5) is 0 Å². The van der Waals surface area contributed by atoms with Crippen LogP contribution in [0, 0.1) is 23.7 Å². The van der Waals surface area contributed by atoms with Gasteiger partial charge in [0.1, 0.15) is 34.5 Å². The minimum atomic E-state index is -0.466. The van der Waals surface area contributed by atoms with Crippen LogP contribution < -0.4 is 28.4 Å². The Kier molecular flexibility index (Phi) is 17.6. The summed E-state index contributed by atoms with van der Waals surface area (Å²) in [5.41, 5.74) is 0.413. The lowest BCUT2D eigenvalue weighted by molar-refractivity contribution is -0.141. The zero-order valence-electron chi connectivity index (χ0n) is 33.6. The molecule has 0 radical (unpaired) electrons. The monoisotopic (exact) mass is 814 g/mol. The molecule has 2 fully saturated rings. The van der Waals surface area contributed by atoms with E-state index in [1.54, 1.807) is 66.7 Å². The molecule has 0 heterocycles. The van der Waals surface area contributed by atoms with Gasteiger partial charge in [0.2, 0.25) is 0 Å². The van der Waals surface area contributed by atoms with Gasteiger partial charge in [-0.25, -0.2) is 4.79 Å². The molecule has 0 saturated heterocycles. The second kappa shape index (κ2) is 23.5. The summed E-state index contributed by atoms with van der Waals surface area (Å²) in [4.78, 5) is 59.6. The lowest BCUT2D eigenvalue weighted by atomic mass is 9.82. The van der Waals surface area contributed by atoms with Crippen molar-refractivity contribution >= 4 is 30.2 Å². The van der Waals surface area contributed by atoms with E-state index in [1.807, 2.05) is 0 Å². The molecule has 5 rings (SSSR count). The maximum Gasteiger partial charge on any atom is 0.330 e. The van der Waals surface area contributed by atoms with Crippen molar-refractivity contribution in [2.45, 2.75) is 71.1 Å². The molecule has 0 atom stereocenters. The normalized spacial score (nSPS) is 18.7. The third-order valence-electron chi connectivity index (χ3n) is 10.3. The van der Waals surface area contributed by atoms with Crippen molar-refractivity contribution in [3.63, 3.8) is 0 Å². The van der Waals surface area contributed by atoms with Crippen LogP contribution in [0.25, 0.3) is 0 Å². The highest BCUT2D eigenvalue weighted by atomic mass is 16.6. The van der Waals surface area contributed by atoms with E-state index in [4.69, 9.17) is 37.9 Å². The average Bonchev–Trinajstić information content (AvgIpc) is 3.26. The number of rotatable bonds is 22. The first-order chi connectivity index (χ1) is 28.7. The zero-order valence-corrected chi connectivity index (χ0v) is 33.6. The molecular formula is C46H54O13. The number of aldehydes is 1. The first-order valence-corrected chi connectivity index (χ1v) is 20.4. The molecule has 2 saturated carbocycles. The molecule has 2 aliphatic rings. The van der Waals surface area contributed by atoms with E-state index < -0.39 is 5.97 Å². The number of carbonyl (C=O) groups is 5. The predicted molar refractivity (Wildman–Crippen MR) is 216 cm³/mol. The molecule has 0 aromatic heterocycles. The van der Waals surface area contributed by atoms with Gasteiger partial charge in [-0.05, 0) is 130 Å². The van der Waals surface area contributed by atoms with Crippen molar-refractivity contribution in [3.05, 3.63) is 84.9 Å². The quantitative estimate of drug-likeness (QED) is 0.0317. The summed E-state index contributed by atoms with van der Waals surface area (Å²) in [5, 5.41) is 0. The van der Waals surface area contributed by atoms with Crippen LogP contribution in [0.2, 0.25) is 0 Å². The Labute approximate surface area is 345 Å². The summed E-state index contributed by atoms with van der Waals surface area (Å²) in [6.07, 6.45) is 9.04. The van der Waals surface area contributed by atoms with Crippen LogP contribution in [0.5, 0.6) is 34.5 Å². The van der Waals surface area contributed by atoms with E-state index >= 15 is 0 Å². The van der Waals surface area contributed by atoms with Crippen LogP contribution in [0.3, 0.4) is 0 Å². The van der Waals surface area contributed by atoms with Crippen molar-refractivity contribution in [3.8, 4) is 34.5 Å². The maximum absolute atomic E-state index is 12.9. The topological polar surface area (TPSA) is 159 Å². The number of benzene rings is 3. The number of hydrogen-bond acceptors (Lipinski definition) is 13. The molecule has 59 heavy (non-hydrogen) atoms. The summed E-state index contributed by atoms with van der Waals surface area (Å²) >= 11 is 0. The van der Waals surface area contributed by atoms with Gasteiger partial charge in [0.05, 0.1) is 57.0 Å². The Bertz CT molecular complexity index is 1820. The van der Waals surface area contributed by atoms with E-state index in [0.717, 1.165) is 38.0 Å². The average molecular weight is 815 g/mol. The molecule has 0 N–H and O–H groups in total. The second-order valence-electron chi connectivity index (χ2n) is 14.8. The standard InChI is InChI=1S/C46H54O13/c1-3-44(49)55-27-5-26-54-39-16-20-41(21-17-39)59-46(51)36-12-8-34(9-13-36)31-57-43-23-22-42(28-37(43)29-47)56-30-33-6-10-35(11-7-33)45(50)58-40-18-14-38(15-19-40)53-25-4-24-52-32(2)48/h3,14-23,28-29,33-36H,1,4-13,24-27,30-31H2,2H3. The summed E-state index contributed by atoms with van der Waals surface area (Å²) in [7, 11) is 0. The molecule has 2 aliphatic carbocycles. The Morgan fingerprint density at radius 1 is 0.576 bits per heavy atom. The van der Waals surface area contributed by atoms with Gasteiger partial charge >= 0.3 is 23.9 Å². The largest absolute Gasteiger partial charge is 0.493 e. The van der Waals surface area contributed by atoms with Gasteiger partial charge in [-0.3, -0.25) is 19.2 Å². The van der Waals surface area contributed by atoms with E-state index in [2.05, 4.69) is 6.58 Å². The van der Waals surface area contributed by atoms with E-state index in [9.17, 15) is 24.0 Å². The van der Waals surface area contributed by atoms with Crippen LogP contribution in [0.1, 0.15) is 81.5 Å². The van der Waals surface area contributed by atoms with Crippen molar-refractivity contribution < 1.29 is 61.9 Å². The maximum atomic E-state index is 12.9. The van der Waals surface area contributed by atoms with Gasteiger partial charge in [0, 0.05) is 25.8 Å². The molecule has 0 aliphatic heterocycles. The zero-order chi connectivity index (χ0) is 41.8. The summed E-state index contributed by atoms with van der Waals surface area (Å²) < 4.78 is 44.5.